The molecule has 0 atom stereocenters. The number of anilines is 1. The number of halogens is 1. The van der Waals surface area contributed by atoms with Crippen LogP contribution in [0.4, 0.5) is 10.2 Å². The van der Waals surface area contributed by atoms with Crippen molar-refractivity contribution >= 4 is 28.3 Å². The van der Waals surface area contributed by atoms with E-state index in [-0.39, 0.29) is 11.7 Å². The number of hydrogen-bond acceptors (Lipinski definition) is 4. The molecule has 1 amide bonds. The average molecular weight is 430 g/mol. The van der Waals surface area contributed by atoms with Gasteiger partial charge in [-0.3, -0.25) is 4.79 Å². The van der Waals surface area contributed by atoms with Crippen LogP contribution in [0, 0.1) is 12.7 Å². The third-order valence-electron chi connectivity index (χ3n) is 5.04. The summed E-state index contributed by atoms with van der Waals surface area (Å²) in [7, 11) is 0. The zero-order chi connectivity index (χ0) is 22.7. The Morgan fingerprint density at radius 1 is 1.19 bits per heavy atom. The molecule has 0 saturated heterocycles. The van der Waals surface area contributed by atoms with E-state index in [0.29, 0.717) is 23.8 Å². The van der Waals surface area contributed by atoms with Gasteiger partial charge >= 0.3 is 0 Å². The van der Waals surface area contributed by atoms with Crippen LogP contribution in [-0.2, 0) is 4.79 Å². The molecular formula is C26H23FN2O3. The molecule has 4 aromatic rings. The van der Waals surface area contributed by atoms with Gasteiger partial charge in [-0.15, -0.1) is 0 Å². The van der Waals surface area contributed by atoms with Gasteiger partial charge in [0.05, 0.1) is 12.9 Å². The van der Waals surface area contributed by atoms with Crippen LogP contribution in [0.2, 0.25) is 0 Å². The number of amides is 1. The van der Waals surface area contributed by atoms with Gasteiger partial charge in [0.25, 0.3) is 0 Å². The molecule has 4 rings (SSSR count). The van der Waals surface area contributed by atoms with Crippen LogP contribution in [0.5, 0.6) is 5.75 Å². The lowest BCUT2D eigenvalue weighted by molar-refractivity contribution is -0.111. The molecular weight excluding hydrogens is 407 g/mol. The molecule has 32 heavy (non-hydrogen) atoms. The summed E-state index contributed by atoms with van der Waals surface area (Å²) >= 11 is 0. The second-order valence-electron chi connectivity index (χ2n) is 7.41. The van der Waals surface area contributed by atoms with Crippen molar-refractivity contribution in [1.29, 1.82) is 0 Å². The van der Waals surface area contributed by atoms with Crippen molar-refractivity contribution in [3.05, 3.63) is 84.0 Å². The summed E-state index contributed by atoms with van der Waals surface area (Å²) in [5.41, 5.74) is 4.65. The largest absolute Gasteiger partial charge is 0.493 e. The maximum atomic E-state index is 13.4. The maximum Gasteiger partial charge on any atom is 0.249 e. The van der Waals surface area contributed by atoms with E-state index in [1.165, 1.54) is 18.2 Å². The number of ether oxygens (including phenoxy) is 1. The molecule has 0 unspecified atom stereocenters. The molecule has 1 N–H and O–H groups in total. The molecule has 2 aromatic carbocycles. The van der Waals surface area contributed by atoms with E-state index in [1.807, 2.05) is 45.0 Å². The molecule has 2 heterocycles. The van der Waals surface area contributed by atoms with Crippen LogP contribution in [0.1, 0.15) is 25.1 Å². The fourth-order valence-corrected chi connectivity index (χ4v) is 3.54. The predicted octanol–water partition coefficient (Wildman–Crippen LogP) is 6.38. The highest BCUT2D eigenvalue weighted by molar-refractivity contribution is 6.05. The minimum atomic E-state index is -0.297. The van der Waals surface area contributed by atoms with Crippen molar-refractivity contribution in [2.45, 2.75) is 20.8 Å². The fourth-order valence-electron chi connectivity index (χ4n) is 3.54. The third kappa shape index (κ3) is 4.54. The summed E-state index contributed by atoms with van der Waals surface area (Å²) in [6.07, 6.45) is 3.16. The number of rotatable bonds is 6. The summed E-state index contributed by atoms with van der Waals surface area (Å²) in [5.74, 6) is 0.533. The minimum Gasteiger partial charge on any atom is -0.493 e. The summed E-state index contributed by atoms with van der Waals surface area (Å²) in [6, 6.07) is 15.4. The number of aromatic nitrogens is 1. The molecule has 5 nitrogen and oxygen atoms in total. The third-order valence-corrected chi connectivity index (χ3v) is 5.04. The van der Waals surface area contributed by atoms with E-state index in [4.69, 9.17) is 9.15 Å². The maximum absolute atomic E-state index is 13.4. The first-order valence-corrected chi connectivity index (χ1v) is 10.3. The van der Waals surface area contributed by atoms with Crippen molar-refractivity contribution < 1.29 is 18.3 Å². The fraction of sp³-hybridized carbons (Fsp3) is 0.154. The average Bonchev–Trinajstić information content (AvgIpc) is 3.16. The molecule has 0 radical (unpaired) electrons. The first kappa shape index (κ1) is 21.3. The van der Waals surface area contributed by atoms with E-state index in [0.717, 1.165) is 33.3 Å². The quantitative estimate of drug-likeness (QED) is 0.360. The SMILES string of the molecule is CCOc1cc2occ(-c3ccc(F)cc3)c2cc1/C(C)=C/C(=O)Nc1cccc(C)n1. The monoisotopic (exact) mass is 430 g/mol. The zero-order valence-corrected chi connectivity index (χ0v) is 18.1. The number of allylic oxidation sites excluding steroid dienone is 1. The number of carbonyl (C=O) groups excluding carboxylic acids is 1. The van der Waals surface area contributed by atoms with Gasteiger partial charge < -0.3 is 14.5 Å². The van der Waals surface area contributed by atoms with Crippen molar-refractivity contribution in [2.75, 3.05) is 11.9 Å². The van der Waals surface area contributed by atoms with Crippen LogP contribution < -0.4 is 10.1 Å². The molecule has 0 bridgehead atoms. The number of benzene rings is 2. The second-order valence-corrected chi connectivity index (χ2v) is 7.41. The summed E-state index contributed by atoms with van der Waals surface area (Å²) < 4.78 is 24.9. The van der Waals surface area contributed by atoms with Crippen LogP contribution >= 0.6 is 0 Å². The van der Waals surface area contributed by atoms with Crippen molar-refractivity contribution in [1.82, 2.24) is 4.98 Å². The smallest absolute Gasteiger partial charge is 0.249 e. The Hall–Kier alpha value is -3.93. The molecule has 0 aliphatic carbocycles. The Balaban J connectivity index is 1.72. The number of pyridine rings is 1. The van der Waals surface area contributed by atoms with Gasteiger partial charge in [-0.05, 0) is 62.2 Å². The summed E-state index contributed by atoms with van der Waals surface area (Å²) in [6.45, 7) is 6.08. The van der Waals surface area contributed by atoms with Crippen molar-refractivity contribution in [3.63, 3.8) is 0 Å². The van der Waals surface area contributed by atoms with E-state index in [1.54, 1.807) is 24.5 Å². The Morgan fingerprint density at radius 3 is 2.69 bits per heavy atom. The van der Waals surface area contributed by atoms with Crippen molar-refractivity contribution in [3.8, 4) is 16.9 Å². The number of fused-ring (bicyclic) bond motifs is 1. The van der Waals surface area contributed by atoms with E-state index in [9.17, 15) is 9.18 Å². The molecule has 2 aromatic heterocycles. The molecule has 0 aliphatic rings. The van der Waals surface area contributed by atoms with Gasteiger partial charge in [0, 0.05) is 34.3 Å². The molecule has 162 valence electrons. The lowest BCUT2D eigenvalue weighted by Gasteiger charge is -2.12. The lowest BCUT2D eigenvalue weighted by atomic mass is 9.99. The first-order chi connectivity index (χ1) is 15.4. The normalized spacial score (nSPS) is 11.6. The number of furan rings is 1. The molecule has 0 saturated carbocycles. The molecule has 6 heteroatoms. The Kier molecular flexibility index (Phi) is 6.03. The van der Waals surface area contributed by atoms with E-state index < -0.39 is 0 Å². The summed E-state index contributed by atoms with van der Waals surface area (Å²) in [5, 5.41) is 3.64. The van der Waals surface area contributed by atoms with Gasteiger partial charge in [0.15, 0.2) is 0 Å². The van der Waals surface area contributed by atoms with Gasteiger partial charge in [-0.2, -0.15) is 0 Å². The van der Waals surface area contributed by atoms with Crippen LogP contribution in [0.3, 0.4) is 0 Å². The van der Waals surface area contributed by atoms with Gasteiger partial charge in [-0.1, -0.05) is 18.2 Å². The second kappa shape index (κ2) is 9.06. The molecule has 0 aliphatic heterocycles. The highest BCUT2D eigenvalue weighted by atomic mass is 19.1. The summed E-state index contributed by atoms with van der Waals surface area (Å²) in [4.78, 5) is 16.9. The number of hydrogen-bond donors (Lipinski definition) is 1. The highest BCUT2D eigenvalue weighted by Crippen LogP contribution is 2.37. The molecule has 0 spiro atoms. The van der Waals surface area contributed by atoms with Gasteiger partial charge in [0.1, 0.15) is 23.0 Å². The number of carbonyl (C=O) groups is 1. The van der Waals surface area contributed by atoms with Crippen LogP contribution in [-0.4, -0.2) is 17.5 Å². The van der Waals surface area contributed by atoms with Gasteiger partial charge in [0.2, 0.25) is 5.91 Å². The van der Waals surface area contributed by atoms with Crippen molar-refractivity contribution in [2.24, 2.45) is 0 Å². The Bertz CT molecular complexity index is 1310. The Labute approximate surface area is 185 Å². The van der Waals surface area contributed by atoms with E-state index in [2.05, 4.69) is 10.3 Å². The van der Waals surface area contributed by atoms with E-state index >= 15 is 0 Å². The zero-order valence-electron chi connectivity index (χ0n) is 18.1. The number of nitrogens with zero attached hydrogens (tertiary/aromatic N) is 1. The lowest BCUT2D eigenvalue weighted by Crippen LogP contribution is -2.10. The first-order valence-electron chi connectivity index (χ1n) is 10.3. The minimum absolute atomic E-state index is 0.283. The standard InChI is InChI=1S/C26H23FN2O3/c1-4-31-23-14-24-21(22(15-32-24)18-8-10-19(27)11-9-18)13-20(23)16(2)12-26(30)29-25-7-5-6-17(3)28-25/h5-15H,4H2,1-3H3,(H,28,29,30)/b16-12+. The molecule has 0 fully saturated rings. The topological polar surface area (TPSA) is 64.4 Å². The number of aryl methyl sites for hydroxylation is 1. The van der Waals surface area contributed by atoms with Crippen LogP contribution in [0.25, 0.3) is 27.7 Å². The predicted molar refractivity (Wildman–Crippen MR) is 124 cm³/mol. The Morgan fingerprint density at radius 2 is 1.97 bits per heavy atom. The van der Waals surface area contributed by atoms with Crippen LogP contribution in [0.15, 0.2) is 71.4 Å². The van der Waals surface area contributed by atoms with Gasteiger partial charge in [-0.25, -0.2) is 9.37 Å². The number of nitrogens with one attached hydrogen (secondary N) is 1. The highest BCUT2D eigenvalue weighted by Gasteiger charge is 2.15.